The zero-order valence-electron chi connectivity index (χ0n) is 9.49. The summed E-state index contributed by atoms with van der Waals surface area (Å²) in [4.78, 5) is 4.33. The summed E-state index contributed by atoms with van der Waals surface area (Å²) >= 11 is 12.1. The summed E-state index contributed by atoms with van der Waals surface area (Å²) in [5, 5.41) is 4.81. The number of benzene rings is 1. The van der Waals surface area contributed by atoms with Crippen molar-refractivity contribution in [2.45, 2.75) is 24.8 Å². The highest BCUT2D eigenvalue weighted by Crippen LogP contribution is 2.39. The number of halogens is 2. The minimum absolute atomic E-state index is 0.356. The van der Waals surface area contributed by atoms with Crippen molar-refractivity contribution < 1.29 is 4.52 Å². The molecule has 4 nitrogen and oxygen atoms in total. The molecule has 2 aromatic rings. The Hall–Kier alpha value is -1.10. The Balaban J connectivity index is 2.00. The van der Waals surface area contributed by atoms with E-state index in [0.717, 1.165) is 19.3 Å². The van der Waals surface area contributed by atoms with Gasteiger partial charge in [-0.3, -0.25) is 0 Å². The van der Waals surface area contributed by atoms with Crippen molar-refractivity contribution in [1.29, 1.82) is 0 Å². The van der Waals surface area contributed by atoms with Gasteiger partial charge in [-0.05, 0) is 31.4 Å². The normalized spacial score (nSPS) is 17.5. The van der Waals surface area contributed by atoms with E-state index < -0.39 is 5.54 Å². The maximum Gasteiger partial charge on any atom is 0.259 e. The molecule has 0 bridgehead atoms. The van der Waals surface area contributed by atoms with E-state index in [-0.39, 0.29) is 0 Å². The van der Waals surface area contributed by atoms with Gasteiger partial charge >= 0.3 is 0 Å². The molecule has 3 rings (SSSR count). The first kappa shape index (κ1) is 12.0. The molecule has 94 valence electrons. The lowest BCUT2D eigenvalue weighted by Gasteiger charge is -2.34. The number of nitrogens with zero attached hydrogens (tertiary/aromatic N) is 2. The van der Waals surface area contributed by atoms with E-state index >= 15 is 0 Å². The van der Waals surface area contributed by atoms with Crippen LogP contribution in [-0.2, 0) is 5.54 Å². The maximum atomic E-state index is 6.14. The second-order valence-electron chi connectivity index (χ2n) is 4.53. The number of aromatic nitrogens is 2. The molecule has 1 heterocycles. The van der Waals surface area contributed by atoms with E-state index in [0.29, 0.717) is 27.3 Å². The Labute approximate surface area is 114 Å². The molecule has 0 amide bonds. The summed E-state index contributed by atoms with van der Waals surface area (Å²) < 4.78 is 5.22. The summed E-state index contributed by atoms with van der Waals surface area (Å²) in [6, 6.07) is 5.28. The zero-order valence-corrected chi connectivity index (χ0v) is 11.0. The molecule has 18 heavy (non-hydrogen) atoms. The average molecular weight is 284 g/mol. The summed E-state index contributed by atoms with van der Waals surface area (Å²) in [5.41, 5.74) is 6.33. The van der Waals surface area contributed by atoms with Crippen LogP contribution in [-0.4, -0.2) is 10.1 Å². The molecule has 1 aliphatic rings. The van der Waals surface area contributed by atoms with Gasteiger partial charge in [0.25, 0.3) is 5.89 Å². The fourth-order valence-corrected chi connectivity index (χ4v) is 2.37. The topological polar surface area (TPSA) is 64.9 Å². The largest absolute Gasteiger partial charge is 0.334 e. The Morgan fingerprint density at radius 3 is 2.72 bits per heavy atom. The van der Waals surface area contributed by atoms with E-state index in [1.54, 1.807) is 18.2 Å². The van der Waals surface area contributed by atoms with Crippen LogP contribution in [0.1, 0.15) is 25.1 Å². The lowest BCUT2D eigenvalue weighted by atomic mass is 9.77. The molecular formula is C12H11Cl2N3O. The van der Waals surface area contributed by atoms with Crippen molar-refractivity contribution in [3.8, 4) is 11.5 Å². The van der Waals surface area contributed by atoms with Gasteiger partial charge in [0.05, 0.1) is 21.1 Å². The molecule has 0 atom stereocenters. The van der Waals surface area contributed by atoms with Crippen LogP contribution in [0.5, 0.6) is 0 Å². The monoisotopic (exact) mass is 283 g/mol. The number of hydrogen-bond acceptors (Lipinski definition) is 4. The van der Waals surface area contributed by atoms with Crippen LogP contribution < -0.4 is 5.73 Å². The minimum Gasteiger partial charge on any atom is -0.334 e. The first-order valence-corrected chi connectivity index (χ1v) is 6.43. The molecule has 1 saturated carbocycles. The molecule has 1 fully saturated rings. The van der Waals surface area contributed by atoms with Gasteiger partial charge in [-0.1, -0.05) is 34.4 Å². The third-order valence-electron chi connectivity index (χ3n) is 3.30. The van der Waals surface area contributed by atoms with Crippen molar-refractivity contribution in [2.75, 3.05) is 0 Å². The highest BCUT2D eigenvalue weighted by Gasteiger charge is 2.39. The minimum atomic E-state index is -0.438. The van der Waals surface area contributed by atoms with Gasteiger partial charge in [0.1, 0.15) is 0 Å². The van der Waals surface area contributed by atoms with Crippen molar-refractivity contribution in [1.82, 2.24) is 10.1 Å². The van der Waals surface area contributed by atoms with Gasteiger partial charge in [-0.2, -0.15) is 4.98 Å². The number of nitrogens with two attached hydrogens (primary N) is 1. The van der Waals surface area contributed by atoms with Crippen molar-refractivity contribution in [2.24, 2.45) is 5.73 Å². The summed E-state index contributed by atoms with van der Waals surface area (Å²) in [7, 11) is 0. The first-order valence-electron chi connectivity index (χ1n) is 5.68. The second-order valence-corrected chi connectivity index (χ2v) is 5.32. The average Bonchev–Trinajstić information content (AvgIpc) is 2.79. The van der Waals surface area contributed by atoms with Crippen LogP contribution >= 0.6 is 23.2 Å². The van der Waals surface area contributed by atoms with E-state index in [4.69, 9.17) is 33.5 Å². The predicted molar refractivity (Wildman–Crippen MR) is 69.5 cm³/mol. The van der Waals surface area contributed by atoms with Gasteiger partial charge in [-0.25, -0.2) is 0 Å². The SMILES string of the molecule is NC1(c2noc(-c3cccc(Cl)c3Cl)n2)CCC1. The third-order valence-corrected chi connectivity index (χ3v) is 4.12. The van der Waals surface area contributed by atoms with Crippen LogP contribution in [0.25, 0.3) is 11.5 Å². The van der Waals surface area contributed by atoms with E-state index in [9.17, 15) is 0 Å². The molecule has 0 saturated heterocycles. The highest BCUT2D eigenvalue weighted by atomic mass is 35.5. The predicted octanol–water partition coefficient (Wildman–Crippen LogP) is 3.38. The quantitative estimate of drug-likeness (QED) is 0.918. The van der Waals surface area contributed by atoms with E-state index in [1.807, 2.05) is 0 Å². The molecule has 2 N–H and O–H groups in total. The van der Waals surface area contributed by atoms with Crippen molar-refractivity contribution in [3.63, 3.8) is 0 Å². The highest BCUT2D eigenvalue weighted by molar-refractivity contribution is 6.43. The fourth-order valence-electron chi connectivity index (χ4n) is 1.99. The lowest BCUT2D eigenvalue weighted by Crippen LogP contribution is -2.44. The molecule has 1 aromatic heterocycles. The van der Waals surface area contributed by atoms with Gasteiger partial charge < -0.3 is 10.3 Å². The summed E-state index contributed by atoms with van der Waals surface area (Å²) in [6.07, 6.45) is 2.86. The molecule has 0 radical (unpaired) electrons. The molecule has 0 aliphatic heterocycles. The Kier molecular flexibility index (Phi) is 2.81. The second kappa shape index (κ2) is 4.23. The van der Waals surface area contributed by atoms with Crippen LogP contribution in [0.15, 0.2) is 22.7 Å². The van der Waals surface area contributed by atoms with Crippen LogP contribution in [0.3, 0.4) is 0 Å². The van der Waals surface area contributed by atoms with Crippen molar-refractivity contribution in [3.05, 3.63) is 34.1 Å². The standard InChI is InChI=1S/C12H11Cl2N3O/c13-8-4-1-3-7(9(8)14)10-16-11(17-18-10)12(15)5-2-6-12/h1,3-4H,2,5-6,15H2. The van der Waals surface area contributed by atoms with Gasteiger partial charge in [-0.15, -0.1) is 0 Å². The van der Waals surface area contributed by atoms with Crippen LogP contribution in [0.4, 0.5) is 0 Å². The molecule has 1 aromatic carbocycles. The molecule has 0 unspecified atom stereocenters. The lowest BCUT2D eigenvalue weighted by molar-refractivity contribution is 0.229. The van der Waals surface area contributed by atoms with E-state index in [2.05, 4.69) is 10.1 Å². The molecule has 1 aliphatic carbocycles. The maximum absolute atomic E-state index is 6.14. The Bertz CT molecular complexity index is 593. The van der Waals surface area contributed by atoms with Crippen molar-refractivity contribution >= 4 is 23.2 Å². The third kappa shape index (κ3) is 1.81. The van der Waals surface area contributed by atoms with Gasteiger partial charge in [0.2, 0.25) is 0 Å². The Morgan fingerprint density at radius 2 is 2.06 bits per heavy atom. The van der Waals surface area contributed by atoms with Crippen LogP contribution in [0, 0.1) is 0 Å². The molecule has 6 heteroatoms. The van der Waals surface area contributed by atoms with Crippen LogP contribution in [0.2, 0.25) is 10.0 Å². The number of hydrogen-bond donors (Lipinski definition) is 1. The first-order chi connectivity index (χ1) is 8.60. The smallest absolute Gasteiger partial charge is 0.259 e. The molecule has 0 spiro atoms. The van der Waals surface area contributed by atoms with Gasteiger partial charge in [0, 0.05) is 0 Å². The van der Waals surface area contributed by atoms with Gasteiger partial charge in [0.15, 0.2) is 5.82 Å². The number of rotatable bonds is 2. The Morgan fingerprint density at radius 1 is 1.28 bits per heavy atom. The summed E-state index contributed by atoms with van der Waals surface area (Å²) in [6.45, 7) is 0. The molecular weight excluding hydrogens is 273 g/mol. The summed E-state index contributed by atoms with van der Waals surface area (Å²) in [5.74, 6) is 0.897. The zero-order chi connectivity index (χ0) is 12.8. The van der Waals surface area contributed by atoms with E-state index in [1.165, 1.54) is 0 Å². The fraction of sp³-hybridized carbons (Fsp3) is 0.333.